The van der Waals surface area contributed by atoms with Gasteiger partial charge in [0.2, 0.25) is 5.83 Å². The molecule has 0 aromatic rings. The first-order valence-electron chi connectivity index (χ1n) is 9.20. The molecule has 0 aromatic heterocycles. The Morgan fingerprint density at radius 2 is 1.39 bits per heavy atom. The van der Waals surface area contributed by atoms with Crippen LogP contribution in [0.4, 0.5) is 22.0 Å². The second kappa shape index (κ2) is 11.7. The zero-order chi connectivity index (χ0) is 19.3. The molecule has 0 saturated heterocycles. The van der Waals surface area contributed by atoms with Crippen molar-refractivity contribution in [2.45, 2.75) is 83.3 Å². The maximum absolute atomic E-state index is 14.2. The summed E-state index contributed by atoms with van der Waals surface area (Å²) in [6, 6.07) is 0. The van der Waals surface area contributed by atoms with Crippen LogP contribution in [0.1, 0.15) is 64.7 Å². The number of hydrogen-bond donors (Lipinski definition) is 0. The summed E-state index contributed by atoms with van der Waals surface area (Å²) in [4.78, 5) is 11.8. The van der Waals surface area contributed by atoms with Crippen LogP contribution in [-0.4, -0.2) is 35.5 Å². The molecule has 2 aliphatic carbocycles. The normalized spacial score (nSPS) is 29.1. The number of carbonyl (C=O) groups excluding carboxylic acids is 1. The standard InChI is InChI=1S/C18H25F5O3.2H2O/c1-2-11-3-5-12(6-4-11)15(19)16(20)17(24)25-13-7-9-14(10-8-13)26-18(21,22)23;;/h11-14H,2-10H2,1H3;2*1H2/b16-15+;;. The minimum absolute atomic E-state index is 0. The lowest BCUT2D eigenvalue weighted by molar-refractivity contribution is -0.346. The molecule has 28 heavy (non-hydrogen) atoms. The summed E-state index contributed by atoms with van der Waals surface area (Å²) in [7, 11) is 0. The molecule has 2 saturated carbocycles. The third kappa shape index (κ3) is 8.00. The van der Waals surface area contributed by atoms with E-state index < -0.39 is 42.1 Å². The maximum Gasteiger partial charge on any atom is 0.522 e. The minimum atomic E-state index is -4.71. The minimum Gasteiger partial charge on any atom is -0.457 e. The summed E-state index contributed by atoms with van der Waals surface area (Å²) in [6.07, 6.45) is -2.44. The topological polar surface area (TPSA) is 98.5 Å². The monoisotopic (exact) mass is 420 g/mol. The first kappa shape index (κ1) is 26.7. The summed E-state index contributed by atoms with van der Waals surface area (Å²) in [5.74, 6) is -4.00. The lowest BCUT2D eigenvalue weighted by atomic mass is 9.80. The molecule has 5 nitrogen and oxygen atoms in total. The average molecular weight is 420 g/mol. The van der Waals surface area contributed by atoms with Crippen LogP contribution < -0.4 is 0 Å². The Kier molecular flexibility index (Phi) is 11.1. The number of alkyl halides is 3. The van der Waals surface area contributed by atoms with E-state index in [1.54, 1.807) is 0 Å². The van der Waals surface area contributed by atoms with E-state index in [4.69, 9.17) is 4.74 Å². The van der Waals surface area contributed by atoms with Crippen LogP contribution in [0.3, 0.4) is 0 Å². The number of hydrogen-bond acceptors (Lipinski definition) is 3. The van der Waals surface area contributed by atoms with Crippen molar-refractivity contribution < 1.29 is 47.2 Å². The van der Waals surface area contributed by atoms with E-state index in [2.05, 4.69) is 11.7 Å². The highest BCUT2D eigenvalue weighted by molar-refractivity contribution is 5.86. The summed E-state index contributed by atoms with van der Waals surface area (Å²) in [6.45, 7) is 2.06. The molecule has 2 fully saturated rings. The SMILES string of the molecule is CCC1CCC(/C(F)=C(\F)C(=O)OC2CCC(OC(F)(F)F)CC2)CC1.O.O. The number of allylic oxidation sites excluding steroid dienone is 1. The Labute approximate surface area is 160 Å². The number of halogens is 5. The predicted octanol–water partition coefficient (Wildman–Crippen LogP) is 4.09. The zero-order valence-electron chi connectivity index (χ0n) is 15.8. The van der Waals surface area contributed by atoms with Crippen LogP contribution in [0, 0.1) is 11.8 Å². The molecule has 2 rings (SSSR count). The molecule has 0 unspecified atom stereocenters. The number of carbonyl (C=O) groups is 1. The van der Waals surface area contributed by atoms with Crippen LogP contribution in [0.25, 0.3) is 0 Å². The number of rotatable bonds is 5. The van der Waals surface area contributed by atoms with E-state index in [1.165, 1.54) is 0 Å². The molecular weight excluding hydrogens is 391 g/mol. The van der Waals surface area contributed by atoms with Gasteiger partial charge in [0.05, 0.1) is 6.10 Å². The third-order valence-corrected chi connectivity index (χ3v) is 5.37. The summed E-state index contributed by atoms with van der Waals surface area (Å²) in [5.41, 5.74) is 0. The van der Waals surface area contributed by atoms with Crippen LogP contribution in [0.2, 0.25) is 0 Å². The van der Waals surface area contributed by atoms with Gasteiger partial charge in [0.25, 0.3) is 0 Å². The third-order valence-electron chi connectivity index (χ3n) is 5.37. The largest absolute Gasteiger partial charge is 0.522 e. The van der Waals surface area contributed by atoms with Crippen molar-refractivity contribution in [3.05, 3.63) is 11.7 Å². The fourth-order valence-electron chi connectivity index (χ4n) is 3.76. The van der Waals surface area contributed by atoms with Crippen molar-refractivity contribution in [2.75, 3.05) is 0 Å². The fraction of sp³-hybridized carbons (Fsp3) is 0.833. The Bertz CT molecular complexity index is 507. The molecule has 10 heteroatoms. The van der Waals surface area contributed by atoms with Crippen molar-refractivity contribution in [2.24, 2.45) is 11.8 Å². The highest BCUT2D eigenvalue weighted by Gasteiger charge is 2.36. The van der Waals surface area contributed by atoms with Gasteiger partial charge in [0.1, 0.15) is 11.9 Å². The van der Waals surface area contributed by atoms with Gasteiger partial charge in [0, 0.05) is 5.92 Å². The molecule has 0 aliphatic heterocycles. The van der Waals surface area contributed by atoms with Gasteiger partial charge >= 0.3 is 12.3 Å². The lowest BCUT2D eigenvalue weighted by Gasteiger charge is -2.29. The summed E-state index contributed by atoms with van der Waals surface area (Å²) in [5, 5.41) is 0. The zero-order valence-corrected chi connectivity index (χ0v) is 15.8. The Balaban J connectivity index is 0.00000364. The van der Waals surface area contributed by atoms with Gasteiger partial charge < -0.3 is 15.7 Å². The van der Waals surface area contributed by atoms with Gasteiger partial charge in [-0.25, -0.2) is 9.18 Å². The van der Waals surface area contributed by atoms with E-state index in [-0.39, 0.29) is 36.6 Å². The van der Waals surface area contributed by atoms with Gasteiger partial charge in [-0.05, 0) is 57.3 Å². The van der Waals surface area contributed by atoms with Gasteiger partial charge in [0.15, 0.2) is 0 Å². The quantitative estimate of drug-likeness (QED) is 0.380. The molecule has 0 bridgehead atoms. The van der Waals surface area contributed by atoms with Gasteiger partial charge in [-0.2, -0.15) is 4.39 Å². The van der Waals surface area contributed by atoms with Gasteiger partial charge in [-0.3, -0.25) is 4.74 Å². The number of ether oxygens (including phenoxy) is 2. The highest BCUT2D eigenvalue weighted by Crippen LogP contribution is 2.37. The van der Waals surface area contributed by atoms with E-state index in [9.17, 15) is 26.7 Å². The van der Waals surface area contributed by atoms with Crippen molar-refractivity contribution in [3.63, 3.8) is 0 Å². The van der Waals surface area contributed by atoms with E-state index in [1.807, 2.05) is 0 Å². The molecule has 0 amide bonds. The highest BCUT2D eigenvalue weighted by atomic mass is 19.4. The molecule has 0 atom stereocenters. The van der Waals surface area contributed by atoms with Crippen LogP contribution >= 0.6 is 0 Å². The molecule has 0 heterocycles. The smallest absolute Gasteiger partial charge is 0.457 e. The summed E-state index contributed by atoms with van der Waals surface area (Å²) < 4.78 is 73.6. The first-order chi connectivity index (χ1) is 12.2. The second-order valence-corrected chi connectivity index (χ2v) is 7.16. The molecule has 0 spiro atoms. The Morgan fingerprint density at radius 3 is 1.86 bits per heavy atom. The molecule has 0 radical (unpaired) electrons. The van der Waals surface area contributed by atoms with E-state index in [0.717, 1.165) is 19.3 Å². The predicted molar refractivity (Wildman–Crippen MR) is 91.5 cm³/mol. The first-order valence-corrected chi connectivity index (χ1v) is 9.20. The summed E-state index contributed by atoms with van der Waals surface area (Å²) >= 11 is 0. The average Bonchev–Trinajstić information content (AvgIpc) is 2.61. The van der Waals surface area contributed by atoms with Crippen LogP contribution in [-0.2, 0) is 14.3 Å². The fourth-order valence-corrected chi connectivity index (χ4v) is 3.76. The van der Waals surface area contributed by atoms with Gasteiger partial charge in [-0.1, -0.05) is 13.3 Å². The van der Waals surface area contributed by atoms with Crippen LogP contribution in [0.15, 0.2) is 11.7 Å². The maximum atomic E-state index is 14.2. The molecule has 0 aromatic carbocycles. The Hall–Kier alpha value is -1.26. The van der Waals surface area contributed by atoms with Crippen molar-refractivity contribution in [1.29, 1.82) is 0 Å². The van der Waals surface area contributed by atoms with Gasteiger partial charge in [-0.15, -0.1) is 13.2 Å². The molecule has 166 valence electrons. The van der Waals surface area contributed by atoms with Crippen molar-refractivity contribution in [1.82, 2.24) is 0 Å². The van der Waals surface area contributed by atoms with Crippen molar-refractivity contribution >= 4 is 5.97 Å². The van der Waals surface area contributed by atoms with Crippen molar-refractivity contribution in [3.8, 4) is 0 Å². The lowest BCUT2D eigenvalue weighted by Crippen LogP contribution is -2.32. The molecule has 4 N–H and O–H groups in total. The molecular formula is C18H29F5O5. The van der Waals surface area contributed by atoms with Crippen LogP contribution in [0.5, 0.6) is 0 Å². The Morgan fingerprint density at radius 1 is 0.893 bits per heavy atom. The van der Waals surface area contributed by atoms with E-state index >= 15 is 0 Å². The second-order valence-electron chi connectivity index (χ2n) is 7.16. The van der Waals surface area contributed by atoms with E-state index in [0.29, 0.717) is 18.8 Å². The molecule has 2 aliphatic rings. The number of esters is 1.